The normalized spacial score (nSPS) is 11.9. The third-order valence-corrected chi connectivity index (χ3v) is 12.7. The fourth-order valence-electron chi connectivity index (χ4n) is 7.38. The number of fused-ring (bicyclic) bond motifs is 7. The summed E-state index contributed by atoms with van der Waals surface area (Å²) >= 11 is 0.292. The molecule has 0 unspecified atom stereocenters. The van der Waals surface area contributed by atoms with Crippen molar-refractivity contribution in [3.05, 3.63) is 187 Å². The number of hydrogen-bond acceptors (Lipinski definition) is 1. The van der Waals surface area contributed by atoms with Crippen molar-refractivity contribution in [3.8, 4) is 11.1 Å². The number of nitrogens with zero attached hydrogens (tertiary/aromatic N) is 1. The van der Waals surface area contributed by atoms with E-state index in [4.69, 9.17) is 0 Å². The summed E-state index contributed by atoms with van der Waals surface area (Å²) in [7, 11) is 0. The summed E-state index contributed by atoms with van der Waals surface area (Å²) in [6, 6.07) is 64.7. The first-order chi connectivity index (χ1) is 24.0. The van der Waals surface area contributed by atoms with Crippen LogP contribution >= 0.6 is 0 Å². The Bertz CT molecular complexity index is 2600. The van der Waals surface area contributed by atoms with E-state index in [-0.39, 0.29) is 5.41 Å². The molecule has 1 heterocycles. The standard InChI is InChI=1S/C47H35NSe/c1-47(2,36-13-7-4-8-14-36)37-22-26-39(27-23-37)48(38-24-19-33(20-25-38)32-11-5-3-6-12-32)40-28-30-41-35(31-40)18-17-34-21-29-43-42-15-9-10-16-44(42)49-46(43)45(34)41/h3-31H,1-2H3. The van der Waals surface area contributed by atoms with Crippen molar-refractivity contribution in [2.24, 2.45) is 0 Å². The van der Waals surface area contributed by atoms with Crippen LogP contribution in [0.5, 0.6) is 0 Å². The van der Waals surface area contributed by atoms with Crippen molar-refractivity contribution >= 4 is 72.4 Å². The summed E-state index contributed by atoms with van der Waals surface area (Å²) < 4.78 is 2.99. The zero-order valence-corrected chi connectivity index (χ0v) is 29.3. The Morgan fingerprint density at radius 1 is 0.429 bits per heavy atom. The van der Waals surface area contributed by atoms with Crippen LogP contribution in [0.25, 0.3) is 52.0 Å². The van der Waals surface area contributed by atoms with Gasteiger partial charge in [-0.15, -0.1) is 0 Å². The van der Waals surface area contributed by atoms with Crippen LogP contribution in [0, 0.1) is 0 Å². The van der Waals surface area contributed by atoms with E-state index in [1.807, 2.05) is 0 Å². The van der Waals surface area contributed by atoms with Gasteiger partial charge < -0.3 is 0 Å². The Morgan fingerprint density at radius 2 is 0.980 bits per heavy atom. The van der Waals surface area contributed by atoms with E-state index in [1.165, 1.54) is 63.1 Å². The zero-order chi connectivity index (χ0) is 33.0. The molecule has 2 heteroatoms. The molecule has 49 heavy (non-hydrogen) atoms. The molecule has 0 aliphatic carbocycles. The minimum absolute atomic E-state index is 0.104. The molecule has 0 amide bonds. The predicted octanol–water partition coefficient (Wildman–Crippen LogP) is 12.8. The van der Waals surface area contributed by atoms with E-state index in [0.29, 0.717) is 14.5 Å². The molecule has 0 spiro atoms. The third kappa shape index (κ3) is 5.16. The fraction of sp³-hybridized carbons (Fsp3) is 0.0638. The van der Waals surface area contributed by atoms with Gasteiger partial charge >= 0.3 is 215 Å². The van der Waals surface area contributed by atoms with Crippen LogP contribution in [0.15, 0.2) is 176 Å². The predicted molar refractivity (Wildman–Crippen MR) is 212 cm³/mol. The van der Waals surface area contributed by atoms with Crippen LogP contribution in [0.3, 0.4) is 0 Å². The van der Waals surface area contributed by atoms with Crippen molar-refractivity contribution in [2.45, 2.75) is 19.3 Å². The summed E-state index contributed by atoms with van der Waals surface area (Å²) in [4.78, 5) is 2.40. The molecule has 0 aliphatic rings. The van der Waals surface area contributed by atoms with E-state index in [2.05, 4.69) is 195 Å². The summed E-state index contributed by atoms with van der Waals surface area (Å²) in [5, 5.41) is 8.11. The van der Waals surface area contributed by atoms with Gasteiger partial charge in [0.25, 0.3) is 0 Å². The Labute approximate surface area is 293 Å². The summed E-state index contributed by atoms with van der Waals surface area (Å²) in [6.07, 6.45) is 0. The van der Waals surface area contributed by atoms with Crippen LogP contribution in [0.1, 0.15) is 25.0 Å². The molecule has 0 fully saturated rings. The summed E-state index contributed by atoms with van der Waals surface area (Å²) in [6.45, 7) is 4.61. The topological polar surface area (TPSA) is 3.24 Å². The fourth-order valence-corrected chi connectivity index (χ4v) is 10.1. The molecule has 9 rings (SSSR count). The van der Waals surface area contributed by atoms with Crippen LogP contribution in [-0.2, 0) is 5.41 Å². The molecule has 0 saturated heterocycles. The second-order valence-electron chi connectivity index (χ2n) is 13.4. The van der Waals surface area contributed by atoms with E-state index < -0.39 is 0 Å². The van der Waals surface area contributed by atoms with Crippen LogP contribution in [0.4, 0.5) is 17.1 Å². The molecule has 0 atom stereocenters. The molecule has 0 radical (unpaired) electrons. The first-order valence-corrected chi connectivity index (χ1v) is 18.6. The third-order valence-electron chi connectivity index (χ3n) is 10.2. The average molecular weight is 693 g/mol. The Kier molecular flexibility index (Phi) is 7.24. The van der Waals surface area contributed by atoms with Crippen LogP contribution < -0.4 is 4.90 Å². The van der Waals surface area contributed by atoms with Crippen molar-refractivity contribution in [1.82, 2.24) is 0 Å². The van der Waals surface area contributed by atoms with Gasteiger partial charge in [0, 0.05) is 0 Å². The quantitative estimate of drug-likeness (QED) is 0.124. The van der Waals surface area contributed by atoms with Gasteiger partial charge in [0.1, 0.15) is 0 Å². The van der Waals surface area contributed by atoms with Crippen molar-refractivity contribution in [2.75, 3.05) is 4.90 Å². The molecule has 0 bridgehead atoms. The number of anilines is 3. The van der Waals surface area contributed by atoms with Crippen molar-refractivity contribution in [3.63, 3.8) is 0 Å². The second-order valence-corrected chi connectivity index (χ2v) is 15.6. The molecular formula is C47H35NSe. The van der Waals surface area contributed by atoms with E-state index in [1.54, 1.807) is 0 Å². The second kappa shape index (κ2) is 11.9. The van der Waals surface area contributed by atoms with Gasteiger partial charge in [-0.05, 0) is 5.56 Å². The van der Waals surface area contributed by atoms with Gasteiger partial charge in [-0.2, -0.15) is 0 Å². The molecule has 0 aliphatic heterocycles. The van der Waals surface area contributed by atoms with E-state index in [0.717, 1.165) is 17.1 Å². The molecule has 0 saturated carbocycles. The number of rotatable bonds is 6. The Morgan fingerprint density at radius 3 is 1.73 bits per heavy atom. The van der Waals surface area contributed by atoms with Crippen molar-refractivity contribution < 1.29 is 0 Å². The van der Waals surface area contributed by atoms with Crippen LogP contribution in [0.2, 0.25) is 0 Å². The molecule has 234 valence electrons. The van der Waals surface area contributed by atoms with E-state index >= 15 is 0 Å². The first kappa shape index (κ1) is 29.7. The summed E-state index contributed by atoms with van der Waals surface area (Å²) in [5.41, 5.74) is 8.36. The first-order valence-electron chi connectivity index (χ1n) is 16.9. The zero-order valence-electron chi connectivity index (χ0n) is 27.6. The maximum absolute atomic E-state index is 2.40. The maximum atomic E-state index is 2.40. The number of benzene rings is 8. The summed E-state index contributed by atoms with van der Waals surface area (Å²) in [5.74, 6) is 0. The Hall–Kier alpha value is -5.40. The monoisotopic (exact) mass is 693 g/mol. The molecule has 1 aromatic heterocycles. The van der Waals surface area contributed by atoms with Gasteiger partial charge in [0.15, 0.2) is 0 Å². The van der Waals surface area contributed by atoms with E-state index in [9.17, 15) is 0 Å². The van der Waals surface area contributed by atoms with Crippen LogP contribution in [-0.4, -0.2) is 14.5 Å². The Balaban J connectivity index is 1.18. The molecule has 1 nitrogen and oxygen atoms in total. The van der Waals surface area contributed by atoms with Crippen molar-refractivity contribution in [1.29, 1.82) is 0 Å². The molecular weight excluding hydrogens is 657 g/mol. The SMILES string of the molecule is CC(C)(c1ccccc1)c1ccc(N(c2ccc(-c3ccccc3)cc2)c2ccc3c(ccc4ccc5c6ccccc6[se]c5c43)c2)cc1. The van der Waals surface area contributed by atoms with Gasteiger partial charge in [-0.3, -0.25) is 0 Å². The van der Waals surface area contributed by atoms with Gasteiger partial charge in [0.2, 0.25) is 0 Å². The number of hydrogen-bond donors (Lipinski definition) is 0. The molecule has 9 aromatic rings. The molecule has 8 aromatic carbocycles. The van der Waals surface area contributed by atoms with Gasteiger partial charge in [-0.25, -0.2) is 0 Å². The molecule has 0 N–H and O–H groups in total. The van der Waals surface area contributed by atoms with Gasteiger partial charge in [-0.1, -0.05) is 74.5 Å². The minimum atomic E-state index is -0.104. The average Bonchev–Trinajstić information content (AvgIpc) is 3.55. The van der Waals surface area contributed by atoms with Gasteiger partial charge in [0.05, 0.1) is 0 Å².